The number of nitrogens with one attached hydrogen (secondary N) is 1. The topological polar surface area (TPSA) is 24.9 Å². The largest absolute Gasteiger partial charge is 0.309 e. The van der Waals surface area contributed by atoms with E-state index in [1.54, 1.807) is 0 Å². The minimum atomic E-state index is 0.955. The molecule has 2 nitrogen and oxygen atoms in total. The number of fused-ring (bicyclic) bond motifs is 1. The molecule has 1 aromatic heterocycles. The van der Waals surface area contributed by atoms with Gasteiger partial charge in [0.2, 0.25) is 0 Å². The first-order valence-corrected chi connectivity index (χ1v) is 6.16. The van der Waals surface area contributed by atoms with E-state index in [4.69, 9.17) is 0 Å². The summed E-state index contributed by atoms with van der Waals surface area (Å²) in [6.07, 6.45) is 5.29. The number of para-hydroxylation sites is 1. The number of benzene rings is 1. The van der Waals surface area contributed by atoms with E-state index >= 15 is 0 Å². The molecule has 86 valence electrons. The summed E-state index contributed by atoms with van der Waals surface area (Å²) >= 11 is 0. The fourth-order valence-corrected chi connectivity index (χ4v) is 2.34. The number of pyridine rings is 1. The van der Waals surface area contributed by atoms with Crippen molar-refractivity contribution in [3.05, 3.63) is 47.7 Å². The predicted molar refractivity (Wildman–Crippen MR) is 72.0 cm³/mol. The Balaban J connectivity index is 2.19. The molecule has 0 spiro atoms. The van der Waals surface area contributed by atoms with E-state index < -0.39 is 0 Å². The average Bonchev–Trinajstić information content (AvgIpc) is 2.91. The second-order valence-corrected chi connectivity index (χ2v) is 4.43. The molecule has 0 saturated heterocycles. The van der Waals surface area contributed by atoms with Crippen LogP contribution in [0.3, 0.4) is 0 Å². The van der Waals surface area contributed by atoms with E-state index in [1.165, 1.54) is 22.1 Å². The molecule has 0 amide bonds. The number of rotatable bonds is 2. The van der Waals surface area contributed by atoms with Crippen LogP contribution in [0.5, 0.6) is 0 Å². The van der Waals surface area contributed by atoms with Crippen molar-refractivity contribution < 1.29 is 0 Å². The Morgan fingerprint density at radius 2 is 2.29 bits per heavy atom. The van der Waals surface area contributed by atoms with Crippen LogP contribution in [0.15, 0.2) is 36.5 Å². The maximum atomic E-state index is 4.63. The van der Waals surface area contributed by atoms with Crippen LogP contribution >= 0.6 is 0 Å². The highest BCUT2D eigenvalue weighted by Crippen LogP contribution is 2.25. The summed E-state index contributed by atoms with van der Waals surface area (Å²) in [6.45, 7) is 4.09. The molecule has 0 fully saturated rings. The van der Waals surface area contributed by atoms with Gasteiger partial charge in [0.15, 0.2) is 0 Å². The molecule has 2 heteroatoms. The first kappa shape index (κ1) is 10.5. The van der Waals surface area contributed by atoms with Crippen LogP contribution in [-0.4, -0.2) is 18.1 Å². The van der Waals surface area contributed by atoms with E-state index in [9.17, 15) is 0 Å². The second-order valence-electron chi connectivity index (χ2n) is 4.43. The van der Waals surface area contributed by atoms with Gasteiger partial charge in [0.25, 0.3) is 0 Å². The first-order valence-electron chi connectivity index (χ1n) is 6.16. The summed E-state index contributed by atoms with van der Waals surface area (Å²) in [4.78, 5) is 4.63. The second kappa shape index (κ2) is 4.30. The third-order valence-corrected chi connectivity index (χ3v) is 3.33. The molecule has 1 aliphatic heterocycles. The van der Waals surface area contributed by atoms with Gasteiger partial charge in [-0.2, -0.15) is 0 Å². The highest BCUT2D eigenvalue weighted by Gasteiger charge is 2.10. The average molecular weight is 224 g/mol. The van der Waals surface area contributed by atoms with Crippen molar-refractivity contribution >= 4 is 16.5 Å². The molecule has 1 aliphatic rings. The Kier molecular flexibility index (Phi) is 2.65. The molecule has 0 bridgehead atoms. The Bertz CT molecular complexity index is 584. The zero-order valence-corrected chi connectivity index (χ0v) is 10.0. The lowest BCUT2D eigenvalue weighted by atomic mass is 10.0. The van der Waals surface area contributed by atoms with E-state index in [0.29, 0.717) is 0 Å². The van der Waals surface area contributed by atoms with Gasteiger partial charge in [-0.1, -0.05) is 31.2 Å². The molecule has 1 N–H and O–H groups in total. The summed E-state index contributed by atoms with van der Waals surface area (Å²) in [5, 5.41) is 4.58. The van der Waals surface area contributed by atoms with Crippen molar-refractivity contribution in [2.24, 2.45) is 0 Å². The number of hydrogen-bond acceptors (Lipinski definition) is 2. The standard InChI is InChI=1S/C15H16N2/c1-2-11-8-12-4-3-5-14(15(12)17-9-11)13-6-7-16-10-13/h3-6,8-9,16H,2,7,10H2,1H3. The van der Waals surface area contributed by atoms with Crippen molar-refractivity contribution in [1.29, 1.82) is 0 Å². The van der Waals surface area contributed by atoms with E-state index in [-0.39, 0.29) is 0 Å². The maximum absolute atomic E-state index is 4.63. The van der Waals surface area contributed by atoms with Crippen molar-refractivity contribution in [3.63, 3.8) is 0 Å². The number of aryl methyl sites for hydroxylation is 1. The van der Waals surface area contributed by atoms with E-state index in [1.807, 2.05) is 6.20 Å². The van der Waals surface area contributed by atoms with Crippen LogP contribution in [0.25, 0.3) is 16.5 Å². The molecule has 2 heterocycles. The van der Waals surface area contributed by atoms with Crippen molar-refractivity contribution in [1.82, 2.24) is 10.3 Å². The molecule has 17 heavy (non-hydrogen) atoms. The van der Waals surface area contributed by atoms with Gasteiger partial charge in [-0.3, -0.25) is 4.98 Å². The number of hydrogen-bond donors (Lipinski definition) is 1. The summed E-state index contributed by atoms with van der Waals surface area (Å²) in [5.41, 5.74) is 5.07. The van der Waals surface area contributed by atoms with Gasteiger partial charge < -0.3 is 5.32 Å². The van der Waals surface area contributed by atoms with Crippen LogP contribution < -0.4 is 5.32 Å². The molecular weight excluding hydrogens is 208 g/mol. The summed E-state index contributed by atoms with van der Waals surface area (Å²) in [6, 6.07) is 8.68. The fraction of sp³-hybridized carbons (Fsp3) is 0.267. The van der Waals surface area contributed by atoms with Crippen molar-refractivity contribution in [2.75, 3.05) is 13.1 Å². The van der Waals surface area contributed by atoms with E-state index in [2.05, 4.69) is 47.6 Å². The quantitative estimate of drug-likeness (QED) is 0.848. The smallest absolute Gasteiger partial charge is 0.0777 e. The lowest BCUT2D eigenvalue weighted by molar-refractivity contribution is 0.897. The summed E-state index contributed by atoms with van der Waals surface area (Å²) in [7, 11) is 0. The van der Waals surface area contributed by atoms with Gasteiger partial charge in [-0.15, -0.1) is 0 Å². The minimum absolute atomic E-state index is 0.955. The first-order chi connectivity index (χ1) is 8.38. The lowest BCUT2D eigenvalue weighted by Gasteiger charge is -2.07. The molecule has 0 unspecified atom stereocenters. The third kappa shape index (κ3) is 1.85. The highest BCUT2D eigenvalue weighted by atomic mass is 14.9. The normalized spacial score (nSPS) is 15.2. The predicted octanol–water partition coefficient (Wildman–Crippen LogP) is 2.78. The highest BCUT2D eigenvalue weighted by molar-refractivity contribution is 5.91. The van der Waals surface area contributed by atoms with Crippen LogP contribution in [-0.2, 0) is 6.42 Å². The number of aromatic nitrogens is 1. The lowest BCUT2D eigenvalue weighted by Crippen LogP contribution is -2.07. The summed E-state index contributed by atoms with van der Waals surface area (Å²) < 4.78 is 0. The molecule has 0 radical (unpaired) electrons. The SMILES string of the molecule is CCc1cnc2c(C3=CCNC3)cccc2c1. The van der Waals surface area contributed by atoms with Gasteiger partial charge in [0, 0.05) is 30.2 Å². The Hall–Kier alpha value is -1.67. The Morgan fingerprint density at radius 1 is 1.35 bits per heavy atom. The molecule has 0 aliphatic carbocycles. The van der Waals surface area contributed by atoms with Gasteiger partial charge >= 0.3 is 0 Å². The van der Waals surface area contributed by atoms with Gasteiger partial charge in [0.1, 0.15) is 0 Å². The molecular formula is C15H16N2. The maximum Gasteiger partial charge on any atom is 0.0777 e. The van der Waals surface area contributed by atoms with Crippen LogP contribution in [0.2, 0.25) is 0 Å². The minimum Gasteiger partial charge on any atom is -0.309 e. The van der Waals surface area contributed by atoms with Crippen LogP contribution in [0.1, 0.15) is 18.1 Å². The molecule has 3 rings (SSSR count). The molecule has 0 saturated carbocycles. The van der Waals surface area contributed by atoms with Gasteiger partial charge in [-0.05, 0) is 23.6 Å². The zero-order valence-electron chi connectivity index (χ0n) is 10.0. The third-order valence-electron chi connectivity index (χ3n) is 3.33. The van der Waals surface area contributed by atoms with Crippen LogP contribution in [0.4, 0.5) is 0 Å². The van der Waals surface area contributed by atoms with Gasteiger partial charge in [-0.25, -0.2) is 0 Å². The monoisotopic (exact) mass is 224 g/mol. The fourth-order valence-electron chi connectivity index (χ4n) is 2.34. The van der Waals surface area contributed by atoms with Crippen molar-refractivity contribution in [3.8, 4) is 0 Å². The van der Waals surface area contributed by atoms with Gasteiger partial charge in [0.05, 0.1) is 5.52 Å². The molecule has 2 aromatic rings. The van der Waals surface area contributed by atoms with Crippen molar-refractivity contribution in [2.45, 2.75) is 13.3 Å². The number of nitrogens with zero attached hydrogens (tertiary/aromatic N) is 1. The molecule has 1 aromatic carbocycles. The zero-order chi connectivity index (χ0) is 11.7. The van der Waals surface area contributed by atoms with E-state index in [0.717, 1.165) is 25.0 Å². The Morgan fingerprint density at radius 3 is 3.06 bits per heavy atom. The van der Waals surface area contributed by atoms with Crippen LogP contribution in [0, 0.1) is 0 Å². The Labute approximate surface area is 101 Å². The summed E-state index contributed by atoms with van der Waals surface area (Å²) in [5.74, 6) is 0. The molecule has 0 atom stereocenters.